The van der Waals surface area contributed by atoms with Crippen molar-refractivity contribution >= 4 is 29.1 Å². The quantitative estimate of drug-likeness (QED) is 0.925. The van der Waals surface area contributed by atoms with Crippen LogP contribution in [0.2, 0.25) is 10.0 Å². The average molecular weight is 304 g/mol. The SMILES string of the molecule is O=C(Cc1c(Cl)cccc1Cl)N1CCOCC1CO. The van der Waals surface area contributed by atoms with Gasteiger partial charge in [-0.05, 0) is 17.7 Å². The summed E-state index contributed by atoms with van der Waals surface area (Å²) in [5, 5.41) is 10.2. The maximum absolute atomic E-state index is 12.3. The Morgan fingerprint density at radius 1 is 1.42 bits per heavy atom. The van der Waals surface area contributed by atoms with Gasteiger partial charge in [-0.1, -0.05) is 29.3 Å². The van der Waals surface area contributed by atoms with E-state index in [0.29, 0.717) is 35.4 Å². The summed E-state index contributed by atoms with van der Waals surface area (Å²) >= 11 is 12.1. The van der Waals surface area contributed by atoms with Crippen LogP contribution in [0.1, 0.15) is 5.56 Å². The molecule has 104 valence electrons. The lowest BCUT2D eigenvalue weighted by Crippen LogP contribution is -2.51. The Hall–Kier alpha value is -0.810. The van der Waals surface area contributed by atoms with E-state index >= 15 is 0 Å². The van der Waals surface area contributed by atoms with Crippen LogP contribution in [0.15, 0.2) is 18.2 Å². The van der Waals surface area contributed by atoms with Crippen LogP contribution in [0.4, 0.5) is 0 Å². The van der Waals surface area contributed by atoms with Gasteiger partial charge in [-0.25, -0.2) is 0 Å². The molecule has 2 rings (SSSR count). The number of aliphatic hydroxyl groups is 1. The third kappa shape index (κ3) is 3.39. The summed E-state index contributed by atoms with van der Waals surface area (Å²) in [6.45, 7) is 1.21. The highest BCUT2D eigenvalue weighted by molar-refractivity contribution is 6.36. The third-order valence-corrected chi connectivity index (χ3v) is 3.86. The summed E-state index contributed by atoms with van der Waals surface area (Å²) in [5.74, 6) is -0.0997. The smallest absolute Gasteiger partial charge is 0.227 e. The first-order chi connectivity index (χ1) is 9.13. The number of ether oxygens (including phenoxy) is 1. The summed E-state index contributed by atoms with van der Waals surface area (Å²) in [5.41, 5.74) is 0.624. The molecule has 1 heterocycles. The number of nitrogens with zero attached hydrogens (tertiary/aromatic N) is 1. The first-order valence-corrected chi connectivity index (χ1v) is 6.80. The zero-order valence-electron chi connectivity index (χ0n) is 10.3. The Labute approximate surface area is 121 Å². The average Bonchev–Trinajstić information content (AvgIpc) is 2.42. The fourth-order valence-corrected chi connectivity index (χ4v) is 2.62. The first kappa shape index (κ1) is 14.6. The lowest BCUT2D eigenvalue weighted by molar-refractivity contribution is -0.140. The van der Waals surface area contributed by atoms with Crippen LogP contribution in [0.3, 0.4) is 0 Å². The molecule has 1 fully saturated rings. The van der Waals surface area contributed by atoms with Gasteiger partial charge in [0, 0.05) is 16.6 Å². The molecule has 0 aliphatic carbocycles. The molecule has 0 saturated carbocycles. The van der Waals surface area contributed by atoms with Gasteiger partial charge in [-0.15, -0.1) is 0 Å². The molecule has 4 nitrogen and oxygen atoms in total. The number of benzene rings is 1. The molecule has 1 N–H and O–H groups in total. The molecule has 0 bridgehead atoms. The maximum Gasteiger partial charge on any atom is 0.227 e. The van der Waals surface area contributed by atoms with E-state index in [1.54, 1.807) is 23.1 Å². The second kappa shape index (κ2) is 6.57. The number of hydrogen-bond acceptors (Lipinski definition) is 3. The minimum absolute atomic E-state index is 0.0997. The summed E-state index contributed by atoms with van der Waals surface area (Å²) < 4.78 is 5.25. The molecule has 1 aliphatic heterocycles. The monoisotopic (exact) mass is 303 g/mol. The van der Waals surface area contributed by atoms with E-state index in [1.807, 2.05) is 0 Å². The summed E-state index contributed by atoms with van der Waals surface area (Å²) in [4.78, 5) is 13.9. The molecule has 1 unspecified atom stereocenters. The van der Waals surface area contributed by atoms with E-state index in [0.717, 1.165) is 0 Å². The van der Waals surface area contributed by atoms with Crippen LogP contribution < -0.4 is 0 Å². The van der Waals surface area contributed by atoms with Gasteiger partial charge >= 0.3 is 0 Å². The Morgan fingerprint density at radius 3 is 2.74 bits per heavy atom. The number of halogens is 2. The van der Waals surface area contributed by atoms with Crippen molar-refractivity contribution in [1.82, 2.24) is 4.90 Å². The zero-order valence-corrected chi connectivity index (χ0v) is 11.8. The van der Waals surface area contributed by atoms with Crippen molar-refractivity contribution in [3.05, 3.63) is 33.8 Å². The highest BCUT2D eigenvalue weighted by Crippen LogP contribution is 2.25. The highest BCUT2D eigenvalue weighted by Gasteiger charge is 2.27. The number of morpholine rings is 1. The lowest BCUT2D eigenvalue weighted by Gasteiger charge is -2.34. The van der Waals surface area contributed by atoms with E-state index in [-0.39, 0.29) is 25.0 Å². The number of rotatable bonds is 3. The van der Waals surface area contributed by atoms with Crippen LogP contribution in [0, 0.1) is 0 Å². The fourth-order valence-electron chi connectivity index (χ4n) is 2.09. The van der Waals surface area contributed by atoms with Gasteiger partial charge in [0.1, 0.15) is 0 Å². The van der Waals surface area contributed by atoms with E-state index in [1.165, 1.54) is 0 Å². The molecular weight excluding hydrogens is 289 g/mol. The van der Waals surface area contributed by atoms with Gasteiger partial charge in [-0.2, -0.15) is 0 Å². The molecule has 1 atom stereocenters. The lowest BCUT2D eigenvalue weighted by atomic mass is 10.1. The number of hydrogen-bond donors (Lipinski definition) is 1. The van der Waals surface area contributed by atoms with E-state index < -0.39 is 0 Å². The van der Waals surface area contributed by atoms with Crippen LogP contribution in [-0.4, -0.2) is 48.3 Å². The Morgan fingerprint density at radius 2 is 2.11 bits per heavy atom. The molecule has 1 aromatic carbocycles. The van der Waals surface area contributed by atoms with Gasteiger partial charge < -0.3 is 14.7 Å². The number of carbonyl (C=O) groups excluding carboxylic acids is 1. The fraction of sp³-hybridized carbons (Fsp3) is 0.462. The molecule has 19 heavy (non-hydrogen) atoms. The molecule has 0 radical (unpaired) electrons. The Kier molecular flexibility index (Phi) is 5.05. The predicted octanol–water partition coefficient (Wildman–Crippen LogP) is 1.76. The summed E-state index contributed by atoms with van der Waals surface area (Å²) in [7, 11) is 0. The number of carbonyl (C=O) groups is 1. The van der Waals surface area contributed by atoms with Crippen LogP contribution in [0.25, 0.3) is 0 Å². The van der Waals surface area contributed by atoms with Gasteiger partial charge in [0.15, 0.2) is 0 Å². The first-order valence-electron chi connectivity index (χ1n) is 6.04. The molecule has 6 heteroatoms. The van der Waals surface area contributed by atoms with Gasteiger partial charge in [0.05, 0.1) is 32.3 Å². The van der Waals surface area contributed by atoms with Crippen LogP contribution in [0.5, 0.6) is 0 Å². The zero-order chi connectivity index (χ0) is 13.8. The van der Waals surface area contributed by atoms with E-state index in [9.17, 15) is 9.90 Å². The molecule has 1 aromatic rings. The van der Waals surface area contributed by atoms with Gasteiger partial charge in [0.2, 0.25) is 5.91 Å². The van der Waals surface area contributed by atoms with Crippen LogP contribution >= 0.6 is 23.2 Å². The molecule has 1 amide bonds. The minimum Gasteiger partial charge on any atom is -0.394 e. The van der Waals surface area contributed by atoms with Crippen molar-refractivity contribution in [2.24, 2.45) is 0 Å². The second-order valence-electron chi connectivity index (χ2n) is 4.38. The normalized spacial score (nSPS) is 19.5. The van der Waals surface area contributed by atoms with E-state index in [4.69, 9.17) is 27.9 Å². The van der Waals surface area contributed by atoms with Crippen LogP contribution in [-0.2, 0) is 16.0 Å². The van der Waals surface area contributed by atoms with Crippen molar-refractivity contribution in [3.8, 4) is 0 Å². The highest BCUT2D eigenvalue weighted by atomic mass is 35.5. The van der Waals surface area contributed by atoms with Crippen molar-refractivity contribution in [3.63, 3.8) is 0 Å². The minimum atomic E-state index is -0.289. The number of amides is 1. The Balaban J connectivity index is 2.12. The predicted molar refractivity (Wildman–Crippen MR) is 73.6 cm³/mol. The largest absolute Gasteiger partial charge is 0.394 e. The number of aliphatic hydroxyl groups excluding tert-OH is 1. The molecule has 1 saturated heterocycles. The molecular formula is C13H15Cl2NO3. The summed E-state index contributed by atoms with van der Waals surface area (Å²) in [6, 6.07) is 4.87. The molecule has 0 spiro atoms. The Bertz CT molecular complexity index is 447. The third-order valence-electron chi connectivity index (χ3n) is 3.15. The van der Waals surface area contributed by atoms with E-state index in [2.05, 4.69) is 0 Å². The standard InChI is InChI=1S/C13H15Cl2NO3/c14-11-2-1-3-12(15)10(11)6-13(18)16-4-5-19-8-9(16)7-17/h1-3,9,17H,4-8H2. The van der Waals surface area contributed by atoms with Crippen molar-refractivity contribution in [2.45, 2.75) is 12.5 Å². The molecule has 0 aromatic heterocycles. The van der Waals surface area contributed by atoms with Crippen molar-refractivity contribution in [2.75, 3.05) is 26.4 Å². The summed E-state index contributed by atoms with van der Waals surface area (Å²) in [6.07, 6.45) is 0.134. The van der Waals surface area contributed by atoms with Crippen molar-refractivity contribution in [1.29, 1.82) is 0 Å². The second-order valence-corrected chi connectivity index (χ2v) is 5.19. The van der Waals surface area contributed by atoms with Crippen molar-refractivity contribution < 1.29 is 14.6 Å². The van der Waals surface area contributed by atoms with Gasteiger partial charge in [0.25, 0.3) is 0 Å². The topological polar surface area (TPSA) is 49.8 Å². The van der Waals surface area contributed by atoms with Gasteiger partial charge in [-0.3, -0.25) is 4.79 Å². The molecule has 1 aliphatic rings. The maximum atomic E-state index is 12.3.